The molecule has 2 N–H and O–H groups in total. The molecule has 1 amide bonds. The third-order valence-electron chi connectivity index (χ3n) is 5.28. The van der Waals surface area contributed by atoms with Gasteiger partial charge in [0.1, 0.15) is 6.04 Å². The summed E-state index contributed by atoms with van der Waals surface area (Å²) in [4.78, 5) is 26.3. The number of carbonyl (C=O) groups is 2. The van der Waals surface area contributed by atoms with Crippen molar-refractivity contribution in [2.75, 3.05) is 0 Å². The SMILES string of the molecule is O=C(O)[C@@H]1C[C@@H]2CCCC[C@@H]2N1C(=O)c1n[nH]c2ccccc12. The van der Waals surface area contributed by atoms with Gasteiger partial charge in [0.15, 0.2) is 5.69 Å². The summed E-state index contributed by atoms with van der Waals surface area (Å²) in [6, 6.07) is 6.74. The molecule has 23 heavy (non-hydrogen) atoms. The molecule has 2 fully saturated rings. The van der Waals surface area contributed by atoms with E-state index in [4.69, 9.17) is 0 Å². The number of hydrogen-bond acceptors (Lipinski definition) is 3. The van der Waals surface area contributed by atoms with Crippen LogP contribution < -0.4 is 0 Å². The van der Waals surface area contributed by atoms with Crippen LogP contribution >= 0.6 is 0 Å². The van der Waals surface area contributed by atoms with Crippen LogP contribution in [0.3, 0.4) is 0 Å². The van der Waals surface area contributed by atoms with E-state index in [1.807, 2.05) is 24.3 Å². The first-order chi connectivity index (χ1) is 11.2. The number of aromatic nitrogens is 2. The van der Waals surface area contributed by atoms with Gasteiger partial charge in [0.05, 0.1) is 5.52 Å². The van der Waals surface area contributed by atoms with Gasteiger partial charge < -0.3 is 10.0 Å². The second-order valence-corrected chi connectivity index (χ2v) is 6.53. The van der Waals surface area contributed by atoms with Crippen molar-refractivity contribution >= 4 is 22.8 Å². The normalized spacial score (nSPS) is 27.1. The zero-order valence-electron chi connectivity index (χ0n) is 12.7. The Bertz CT molecular complexity index is 769. The van der Waals surface area contributed by atoms with Gasteiger partial charge in [-0.15, -0.1) is 0 Å². The maximum atomic E-state index is 13.1. The predicted molar refractivity (Wildman–Crippen MR) is 84.1 cm³/mol. The van der Waals surface area contributed by atoms with Crippen LogP contribution in [0, 0.1) is 5.92 Å². The molecule has 1 saturated heterocycles. The number of carbonyl (C=O) groups excluding carboxylic acids is 1. The number of fused-ring (bicyclic) bond motifs is 2. The largest absolute Gasteiger partial charge is 0.480 e. The zero-order valence-corrected chi connectivity index (χ0v) is 12.7. The summed E-state index contributed by atoms with van der Waals surface area (Å²) in [5, 5.41) is 17.3. The topological polar surface area (TPSA) is 86.3 Å². The van der Waals surface area contributed by atoms with Crippen LogP contribution in [0.2, 0.25) is 0 Å². The van der Waals surface area contributed by atoms with E-state index >= 15 is 0 Å². The van der Waals surface area contributed by atoms with Gasteiger partial charge in [-0.25, -0.2) is 4.79 Å². The number of aliphatic carboxylic acids is 1. The molecule has 6 nitrogen and oxygen atoms in total. The molecule has 0 bridgehead atoms. The van der Waals surface area contributed by atoms with Crippen LogP contribution in [-0.2, 0) is 4.79 Å². The predicted octanol–water partition coefficient (Wildman–Crippen LogP) is 2.42. The molecule has 0 unspecified atom stereocenters. The van der Waals surface area contributed by atoms with E-state index in [-0.39, 0.29) is 11.9 Å². The first kappa shape index (κ1) is 14.2. The fourth-order valence-corrected chi connectivity index (χ4v) is 4.22. The molecule has 1 aromatic heterocycles. The van der Waals surface area contributed by atoms with Crippen LogP contribution in [0.4, 0.5) is 0 Å². The minimum Gasteiger partial charge on any atom is -0.480 e. The number of para-hydroxylation sites is 1. The van der Waals surface area contributed by atoms with Crippen LogP contribution in [0.1, 0.15) is 42.6 Å². The van der Waals surface area contributed by atoms with Gasteiger partial charge in [0.2, 0.25) is 0 Å². The Labute approximate surface area is 133 Å². The highest BCUT2D eigenvalue weighted by Crippen LogP contribution is 2.40. The van der Waals surface area contributed by atoms with Gasteiger partial charge in [0.25, 0.3) is 5.91 Å². The fourth-order valence-electron chi connectivity index (χ4n) is 4.22. The van der Waals surface area contributed by atoms with Crippen molar-refractivity contribution in [1.29, 1.82) is 0 Å². The molecule has 1 aromatic carbocycles. The van der Waals surface area contributed by atoms with E-state index < -0.39 is 12.0 Å². The van der Waals surface area contributed by atoms with E-state index in [9.17, 15) is 14.7 Å². The van der Waals surface area contributed by atoms with Crippen molar-refractivity contribution in [3.05, 3.63) is 30.0 Å². The second-order valence-electron chi connectivity index (χ2n) is 6.53. The number of amides is 1. The summed E-state index contributed by atoms with van der Waals surface area (Å²) in [6.45, 7) is 0. The van der Waals surface area contributed by atoms with Crippen LogP contribution in [-0.4, -0.2) is 44.2 Å². The highest BCUT2D eigenvalue weighted by molar-refractivity contribution is 6.06. The van der Waals surface area contributed by atoms with Crippen molar-refractivity contribution in [2.45, 2.75) is 44.2 Å². The number of likely N-dealkylation sites (tertiary alicyclic amines) is 1. The molecule has 120 valence electrons. The molecule has 4 rings (SSSR count). The number of carboxylic acids is 1. The molecule has 0 spiro atoms. The first-order valence-corrected chi connectivity index (χ1v) is 8.15. The Kier molecular flexibility index (Phi) is 3.32. The number of rotatable bonds is 2. The summed E-state index contributed by atoms with van der Waals surface area (Å²) >= 11 is 0. The van der Waals surface area contributed by atoms with Crippen LogP contribution in [0.25, 0.3) is 10.9 Å². The summed E-state index contributed by atoms with van der Waals surface area (Å²) in [7, 11) is 0. The molecule has 1 aliphatic carbocycles. The average Bonchev–Trinajstić information content (AvgIpc) is 3.16. The summed E-state index contributed by atoms with van der Waals surface area (Å²) in [5.41, 5.74) is 1.13. The number of H-pyrrole nitrogens is 1. The third kappa shape index (κ3) is 2.20. The standard InChI is InChI=1S/C17H19N3O3/c21-16(15-11-6-2-3-7-12(11)18-19-15)20-13-8-4-1-5-10(13)9-14(20)17(22)23/h2-3,6-7,10,13-14H,1,4-5,8-9H2,(H,18,19)(H,22,23)/t10-,13-,14-/m0/s1. The number of aromatic amines is 1. The molecule has 2 aromatic rings. The molecule has 1 saturated carbocycles. The van der Waals surface area contributed by atoms with Gasteiger partial charge in [-0.2, -0.15) is 5.10 Å². The van der Waals surface area contributed by atoms with Gasteiger partial charge >= 0.3 is 5.97 Å². The minimum atomic E-state index is -0.910. The second kappa shape index (κ2) is 5.37. The molecule has 3 atom stereocenters. The lowest BCUT2D eigenvalue weighted by Gasteiger charge is -2.32. The number of benzene rings is 1. The maximum absolute atomic E-state index is 13.1. The van der Waals surface area contributed by atoms with Crippen LogP contribution in [0.5, 0.6) is 0 Å². The van der Waals surface area contributed by atoms with E-state index in [0.29, 0.717) is 18.0 Å². The summed E-state index contributed by atoms with van der Waals surface area (Å²) < 4.78 is 0. The van der Waals surface area contributed by atoms with E-state index in [2.05, 4.69) is 10.2 Å². The van der Waals surface area contributed by atoms with Crippen molar-refractivity contribution < 1.29 is 14.7 Å². The molecular formula is C17H19N3O3. The van der Waals surface area contributed by atoms with E-state index in [0.717, 1.165) is 36.6 Å². The van der Waals surface area contributed by atoms with Gasteiger partial charge in [-0.1, -0.05) is 31.0 Å². The molecule has 2 aliphatic rings. The van der Waals surface area contributed by atoms with Gasteiger partial charge in [-0.05, 0) is 31.2 Å². The lowest BCUT2D eigenvalue weighted by atomic mass is 9.84. The average molecular weight is 313 g/mol. The lowest BCUT2D eigenvalue weighted by Crippen LogP contribution is -2.46. The quantitative estimate of drug-likeness (QED) is 0.891. The monoisotopic (exact) mass is 313 g/mol. The smallest absolute Gasteiger partial charge is 0.326 e. The fraction of sp³-hybridized carbons (Fsp3) is 0.471. The Morgan fingerprint density at radius 1 is 1.22 bits per heavy atom. The first-order valence-electron chi connectivity index (χ1n) is 8.15. The zero-order chi connectivity index (χ0) is 16.0. The number of nitrogens with one attached hydrogen (secondary N) is 1. The molecule has 2 heterocycles. The molecular weight excluding hydrogens is 294 g/mol. The van der Waals surface area contributed by atoms with Gasteiger partial charge in [0, 0.05) is 11.4 Å². The summed E-state index contributed by atoms with van der Waals surface area (Å²) in [5.74, 6) is -0.865. The minimum absolute atomic E-state index is 0.0350. The third-order valence-corrected chi connectivity index (χ3v) is 5.28. The highest BCUT2D eigenvalue weighted by atomic mass is 16.4. The van der Waals surface area contributed by atoms with Crippen molar-refractivity contribution in [3.63, 3.8) is 0 Å². The highest BCUT2D eigenvalue weighted by Gasteiger charge is 2.48. The number of hydrogen-bond donors (Lipinski definition) is 2. The Morgan fingerprint density at radius 3 is 2.83 bits per heavy atom. The Morgan fingerprint density at radius 2 is 2.00 bits per heavy atom. The molecule has 1 aliphatic heterocycles. The molecule has 6 heteroatoms. The lowest BCUT2D eigenvalue weighted by molar-refractivity contribution is -0.141. The van der Waals surface area contributed by atoms with Crippen LogP contribution in [0.15, 0.2) is 24.3 Å². The number of nitrogens with zero attached hydrogens (tertiary/aromatic N) is 2. The van der Waals surface area contributed by atoms with E-state index in [1.54, 1.807) is 4.90 Å². The van der Waals surface area contributed by atoms with Crippen molar-refractivity contribution in [2.24, 2.45) is 5.92 Å². The summed E-state index contributed by atoms with van der Waals surface area (Å²) in [6.07, 6.45) is 4.65. The van der Waals surface area contributed by atoms with Gasteiger partial charge in [-0.3, -0.25) is 9.89 Å². The van der Waals surface area contributed by atoms with Crippen molar-refractivity contribution in [3.8, 4) is 0 Å². The Hall–Kier alpha value is -2.37. The molecule has 0 radical (unpaired) electrons. The van der Waals surface area contributed by atoms with E-state index in [1.165, 1.54) is 0 Å². The maximum Gasteiger partial charge on any atom is 0.326 e. The Balaban J connectivity index is 1.74. The van der Waals surface area contributed by atoms with Crippen molar-refractivity contribution in [1.82, 2.24) is 15.1 Å². The number of carboxylic acid groups (broad SMARTS) is 1.